The van der Waals surface area contributed by atoms with Gasteiger partial charge in [-0.3, -0.25) is 4.79 Å². The van der Waals surface area contributed by atoms with Crippen molar-refractivity contribution in [1.82, 2.24) is 14.3 Å². The second-order valence-corrected chi connectivity index (χ2v) is 7.68. The third-order valence-electron chi connectivity index (χ3n) is 5.56. The van der Waals surface area contributed by atoms with Crippen LogP contribution in [0.5, 0.6) is 11.5 Å². The lowest BCUT2D eigenvalue weighted by molar-refractivity contribution is -0.133. The van der Waals surface area contributed by atoms with Crippen LogP contribution in [0, 0.1) is 0 Å². The van der Waals surface area contributed by atoms with Gasteiger partial charge in [0.2, 0.25) is 5.91 Å². The van der Waals surface area contributed by atoms with E-state index in [0.29, 0.717) is 0 Å². The largest absolute Gasteiger partial charge is 0.508 e. The Labute approximate surface area is 170 Å². The number of rotatable bonds is 4. The van der Waals surface area contributed by atoms with E-state index in [1.165, 1.54) is 6.08 Å². The number of phenolic OH excluding ortho intramolecular Hbond substituents is 1. The van der Waals surface area contributed by atoms with Crippen LogP contribution in [0.2, 0.25) is 0 Å². The molecule has 3 atom stereocenters. The molecule has 4 rings (SSSR count). The number of carbonyl (C=O) groups excluding carboxylic acids is 1. The molecule has 1 N–H and O–H groups in total. The summed E-state index contributed by atoms with van der Waals surface area (Å²) in [4.78, 5) is 18.3. The van der Waals surface area contributed by atoms with E-state index in [2.05, 4.69) is 25.4 Å². The van der Waals surface area contributed by atoms with Crippen molar-refractivity contribution in [2.75, 3.05) is 0 Å². The highest BCUT2D eigenvalue weighted by atomic mass is 16.5. The number of fused-ring (bicyclic) bond motifs is 1. The highest BCUT2D eigenvalue weighted by molar-refractivity contribution is 5.87. The fourth-order valence-corrected chi connectivity index (χ4v) is 4.24. The number of piperidine rings is 1. The lowest BCUT2D eigenvalue weighted by Gasteiger charge is -2.42. The van der Waals surface area contributed by atoms with Gasteiger partial charge in [0.15, 0.2) is 0 Å². The Morgan fingerprint density at radius 1 is 1.21 bits per heavy atom. The molecule has 0 unspecified atom stereocenters. The molecule has 2 aromatic heterocycles. The van der Waals surface area contributed by atoms with E-state index in [0.717, 1.165) is 35.2 Å². The number of pyridine rings is 1. The summed E-state index contributed by atoms with van der Waals surface area (Å²) in [5.74, 6) is 0.967. The van der Waals surface area contributed by atoms with Crippen LogP contribution < -0.4 is 4.74 Å². The summed E-state index contributed by atoms with van der Waals surface area (Å²) in [6, 6.07) is 9.26. The SMILES string of the molecule is C=CC(=O)N1[C@H](C)C[C@H](Oc2cc(-c3ccc(O)cc3)cn3cncc23)C[C@@H]1C. The van der Waals surface area contributed by atoms with Crippen molar-refractivity contribution in [3.63, 3.8) is 0 Å². The van der Waals surface area contributed by atoms with Crippen molar-refractivity contribution in [2.24, 2.45) is 0 Å². The molecule has 1 amide bonds. The maximum absolute atomic E-state index is 12.2. The fourth-order valence-electron chi connectivity index (χ4n) is 4.24. The lowest BCUT2D eigenvalue weighted by atomic mass is 9.94. The molecule has 0 radical (unpaired) electrons. The number of aromatic hydroxyl groups is 1. The molecule has 6 heteroatoms. The van der Waals surface area contributed by atoms with Gasteiger partial charge in [0, 0.05) is 36.7 Å². The van der Waals surface area contributed by atoms with Crippen LogP contribution in [0.15, 0.2) is 61.7 Å². The third kappa shape index (κ3) is 3.70. The van der Waals surface area contributed by atoms with Gasteiger partial charge in [0.05, 0.1) is 12.5 Å². The first-order chi connectivity index (χ1) is 14.0. The monoisotopic (exact) mass is 391 g/mol. The van der Waals surface area contributed by atoms with Gasteiger partial charge >= 0.3 is 0 Å². The number of likely N-dealkylation sites (tertiary alicyclic amines) is 1. The number of carbonyl (C=O) groups is 1. The summed E-state index contributed by atoms with van der Waals surface area (Å²) in [6.07, 6.45) is 8.44. The van der Waals surface area contributed by atoms with Crippen LogP contribution >= 0.6 is 0 Å². The molecule has 1 aliphatic rings. The van der Waals surface area contributed by atoms with E-state index in [1.807, 2.05) is 33.7 Å². The minimum atomic E-state index is -0.0315. The van der Waals surface area contributed by atoms with Crippen LogP contribution in [0.4, 0.5) is 0 Å². The van der Waals surface area contributed by atoms with E-state index >= 15 is 0 Å². The van der Waals surface area contributed by atoms with Crippen molar-refractivity contribution in [2.45, 2.75) is 44.9 Å². The minimum Gasteiger partial charge on any atom is -0.508 e. The average molecular weight is 391 g/mol. The summed E-state index contributed by atoms with van der Waals surface area (Å²) in [6.45, 7) is 7.72. The Morgan fingerprint density at radius 3 is 2.55 bits per heavy atom. The van der Waals surface area contributed by atoms with E-state index in [1.54, 1.807) is 24.7 Å². The maximum Gasteiger partial charge on any atom is 0.246 e. The average Bonchev–Trinajstić information content (AvgIpc) is 3.17. The predicted octanol–water partition coefficient (Wildman–Crippen LogP) is 4.04. The summed E-state index contributed by atoms with van der Waals surface area (Å²) in [7, 11) is 0. The summed E-state index contributed by atoms with van der Waals surface area (Å²) >= 11 is 0. The molecule has 0 aliphatic carbocycles. The van der Waals surface area contributed by atoms with Crippen molar-refractivity contribution < 1.29 is 14.6 Å². The molecule has 6 nitrogen and oxygen atoms in total. The van der Waals surface area contributed by atoms with Crippen molar-refractivity contribution >= 4 is 11.4 Å². The van der Waals surface area contributed by atoms with E-state index < -0.39 is 0 Å². The van der Waals surface area contributed by atoms with Crippen molar-refractivity contribution in [1.29, 1.82) is 0 Å². The number of imidazole rings is 1. The van der Waals surface area contributed by atoms with Crippen LogP contribution in [0.25, 0.3) is 16.6 Å². The third-order valence-corrected chi connectivity index (χ3v) is 5.56. The van der Waals surface area contributed by atoms with Crippen LogP contribution in [-0.4, -0.2) is 43.5 Å². The van der Waals surface area contributed by atoms with E-state index in [4.69, 9.17) is 4.74 Å². The number of phenols is 1. The molecule has 1 saturated heterocycles. The topological polar surface area (TPSA) is 67.1 Å². The molecule has 0 bridgehead atoms. The van der Waals surface area contributed by atoms with Crippen LogP contribution in [0.3, 0.4) is 0 Å². The molecule has 150 valence electrons. The Balaban J connectivity index is 1.63. The van der Waals surface area contributed by atoms with E-state index in [-0.39, 0.29) is 29.8 Å². The number of hydrogen-bond donors (Lipinski definition) is 1. The lowest BCUT2D eigenvalue weighted by Crippen LogP contribution is -2.51. The molecular weight excluding hydrogens is 366 g/mol. The fraction of sp³-hybridized carbons (Fsp3) is 0.304. The van der Waals surface area contributed by atoms with Crippen molar-refractivity contribution in [3.05, 3.63) is 61.7 Å². The van der Waals surface area contributed by atoms with Gasteiger partial charge in [-0.25, -0.2) is 4.98 Å². The molecule has 0 spiro atoms. The number of hydrogen-bond acceptors (Lipinski definition) is 4. The number of nitrogens with zero attached hydrogens (tertiary/aromatic N) is 3. The first kappa shape index (κ1) is 19.1. The van der Waals surface area contributed by atoms with E-state index in [9.17, 15) is 9.90 Å². The van der Waals surface area contributed by atoms with Gasteiger partial charge in [0.1, 0.15) is 23.1 Å². The number of amides is 1. The van der Waals surface area contributed by atoms with Gasteiger partial charge in [-0.2, -0.15) is 0 Å². The molecule has 0 saturated carbocycles. The van der Waals surface area contributed by atoms with Gasteiger partial charge in [-0.15, -0.1) is 0 Å². The zero-order valence-electron chi connectivity index (χ0n) is 16.7. The Bertz CT molecular complexity index is 1030. The minimum absolute atomic E-state index is 0.00244. The first-order valence-corrected chi connectivity index (χ1v) is 9.82. The molecule has 3 heterocycles. The number of benzene rings is 1. The normalized spacial score (nSPS) is 21.9. The second kappa shape index (κ2) is 7.62. The van der Waals surface area contributed by atoms with Gasteiger partial charge in [0.25, 0.3) is 0 Å². The zero-order valence-corrected chi connectivity index (χ0v) is 16.7. The highest BCUT2D eigenvalue weighted by Crippen LogP contribution is 2.32. The van der Waals surface area contributed by atoms with Crippen LogP contribution in [0.1, 0.15) is 26.7 Å². The predicted molar refractivity (Wildman–Crippen MR) is 112 cm³/mol. The summed E-state index contributed by atoms with van der Waals surface area (Å²) in [5.41, 5.74) is 2.86. The quantitative estimate of drug-likeness (QED) is 0.682. The second-order valence-electron chi connectivity index (χ2n) is 7.68. The Kier molecular flexibility index (Phi) is 5.01. The summed E-state index contributed by atoms with van der Waals surface area (Å²) in [5, 5.41) is 9.57. The summed E-state index contributed by atoms with van der Waals surface area (Å²) < 4.78 is 8.39. The number of aromatic nitrogens is 2. The number of ether oxygens (including phenoxy) is 1. The molecule has 1 fully saturated rings. The molecule has 1 aromatic carbocycles. The Hall–Kier alpha value is -3.28. The molecular formula is C23H25N3O3. The van der Waals surface area contributed by atoms with Gasteiger partial charge in [-0.1, -0.05) is 18.7 Å². The molecule has 3 aromatic rings. The molecule has 29 heavy (non-hydrogen) atoms. The van der Waals surface area contributed by atoms with Gasteiger partial charge in [-0.05, 0) is 43.7 Å². The molecule has 1 aliphatic heterocycles. The van der Waals surface area contributed by atoms with Crippen molar-refractivity contribution in [3.8, 4) is 22.6 Å². The Morgan fingerprint density at radius 2 is 1.90 bits per heavy atom. The van der Waals surface area contributed by atoms with Gasteiger partial charge < -0.3 is 19.1 Å². The smallest absolute Gasteiger partial charge is 0.246 e. The van der Waals surface area contributed by atoms with Crippen LogP contribution in [-0.2, 0) is 4.79 Å². The first-order valence-electron chi connectivity index (χ1n) is 9.82. The highest BCUT2D eigenvalue weighted by Gasteiger charge is 2.34. The maximum atomic E-state index is 12.2. The zero-order chi connectivity index (χ0) is 20.5. The standard InChI is InChI=1S/C23H25N3O3/c1-4-23(28)26-15(2)9-20(10-16(26)3)29-22-11-18(13-25-14-24-12-21(22)25)17-5-7-19(27)8-6-17/h4-8,11-16,20,27H,1,9-10H2,2-3H3/t15-,16+,20+.